The minimum Gasteiger partial charge on any atom is -0.379 e. The Morgan fingerprint density at radius 2 is 1.96 bits per heavy atom. The van der Waals surface area contributed by atoms with Crippen LogP contribution in [0.3, 0.4) is 0 Å². The molecule has 0 aliphatic carbocycles. The molecule has 0 radical (unpaired) electrons. The highest BCUT2D eigenvalue weighted by atomic mass is 35.5. The highest BCUT2D eigenvalue weighted by molar-refractivity contribution is 6.31. The van der Waals surface area contributed by atoms with Crippen LogP contribution in [-0.2, 0) is 4.74 Å². The number of morpholine rings is 1. The van der Waals surface area contributed by atoms with Crippen molar-refractivity contribution in [1.82, 2.24) is 14.9 Å². The van der Waals surface area contributed by atoms with E-state index in [-0.39, 0.29) is 0 Å². The number of nitrogens with one attached hydrogen (secondary N) is 2. The maximum absolute atomic E-state index is 6.16. The molecule has 1 saturated heterocycles. The molecule has 2 aromatic rings. The summed E-state index contributed by atoms with van der Waals surface area (Å²) in [5.74, 6) is 1.54. The van der Waals surface area contributed by atoms with Gasteiger partial charge in [0.25, 0.3) is 0 Å². The molecule has 6 nitrogen and oxygen atoms in total. The Labute approximate surface area is 147 Å². The number of nitrogens with zero attached hydrogens (tertiary/aromatic N) is 3. The number of rotatable bonds is 6. The van der Waals surface area contributed by atoms with E-state index in [1.807, 2.05) is 31.2 Å². The summed E-state index contributed by atoms with van der Waals surface area (Å²) in [5.41, 5.74) is 1.96. The van der Waals surface area contributed by atoms with Crippen LogP contribution in [0.25, 0.3) is 0 Å². The summed E-state index contributed by atoms with van der Waals surface area (Å²) in [5, 5.41) is 7.32. The lowest BCUT2D eigenvalue weighted by atomic mass is 10.2. The molecule has 3 rings (SSSR count). The monoisotopic (exact) mass is 347 g/mol. The van der Waals surface area contributed by atoms with E-state index in [9.17, 15) is 0 Å². The number of benzene rings is 1. The Morgan fingerprint density at radius 3 is 2.75 bits per heavy atom. The van der Waals surface area contributed by atoms with E-state index in [0.29, 0.717) is 0 Å². The molecule has 24 heavy (non-hydrogen) atoms. The average Bonchev–Trinajstić information content (AvgIpc) is 2.60. The Kier molecular flexibility index (Phi) is 5.85. The third-order valence-electron chi connectivity index (χ3n) is 3.95. The summed E-state index contributed by atoms with van der Waals surface area (Å²) >= 11 is 6.16. The molecular weight excluding hydrogens is 326 g/mol. The Bertz CT molecular complexity index is 676. The molecule has 2 N–H and O–H groups in total. The van der Waals surface area contributed by atoms with Crippen molar-refractivity contribution < 1.29 is 4.74 Å². The van der Waals surface area contributed by atoms with Crippen molar-refractivity contribution in [3.63, 3.8) is 0 Å². The van der Waals surface area contributed by atoms with E-state index in [4.69, 9.17) is 16.3 Å². The number of anilines is 3. The van der Waals surface area contributed by atoms with Gasteiger partial charge >= 0.3 is 0 Å². The van der Waals surface area contributed by atoms with Gasteiger partial charge in [0.05, 0.1) is 13.2 Å². The van der Waals surface area contributed by atoms with Gasteiger partial charge in [0, 0.05) is 43.0 Å². The van der Waals surface area contributed by atoms with E-state index < -0.39 is 0 Å². The minimum atomic E-state index is 0.734. The van der Waals surface area contributed by atoms with Gasteiger partial charge in [0.2, 0.25) is 0 Å². The summed E-state index contributed by atoms with van der Waals surface area (Å²) < 4.78 is 5.35. The Hall–Kier alpha value is -1.89. The van der Waals surface area contributed by atoms with E-state index in [0.717, 1.165) is 67.3 Å². The molecule has 0 spiro atoms. The van der Waals surface area contributed by atoms with Gasteiger partial charge in [-0.1, -0.05) is 17.7 Å². The number of aryl methyl sites for hydroxylation is 1. The van der Waals surface area contributed by atoms with Crippen LogP contribution in [0.1, 0.15) is 5.56 Å². The first-order chi connectivity index (χ1) is 11.7. The molecule has 1 aliphatic heterocycles. The molecule has 7 heteroatoms. The SMILES string of the molecule is Cc1ccc(Nc2cc(NCCN3CCOCC3)ncn2)cc1Cl. The number of halogens is 1. The summed E-state index contributed by atoms with van der Waals surface area (Å²) in [4.78, 5) is 10.9. The zero-order valence-electron chi connectivity index (χ0n) is 13.8. The van der Waals surface area contributed by atoms with Crippen molar-refractivity contribution in [2.45, 2.75) is 6.92 Å². The van der Waals surface area contributed by atoms with Crippen LogP contribution >= 0.6 is 11.6 Å². The van der Waals surface area contributed by atoms with Crippen LogP contribution in [0.2, 0.25) is 5.02 Å². The fourth-order valence-electron chi connectivity index (χ4n) is 2.51. The van der Waals surface area contributed by atoms with Gasteiger partial charge in [-0.05, 0) is 24.6 Å². The fourth-order valence-corrected chi connectivity index (χ4v) is 2.69. The summed E-state index contributed by atoms with van der Waals surface area (Å²) in [7, 11) is 0. The van der Waals surface area contributed by atoms with Gasteiger partial charge in [0.15, 0.2) is 0 Å². The van der Waals surface area contributed by atoms with Crippen LogP contribution < -0.4 is 10.6 Å². The van der Waals surface area contributed by atoms with Crippen molar-refractivity contribution in [3.8, 4) is 0 Å². The molecule has 0 amide bonds. The second kappa shape index (κ2) is 8.28. The van der Waals surface area contributed by atoms with E-state index in [1.165, 1.54) is 0 Å². The standard InChI is InChI=1S/C17H22ClN5O/c1-13-2-3-14(10-15(13)18)22-17-11-16(20-12-21-17)19-4-5-23-6-8-24-9-7-23/h2-3,10-12H,4-9H2,1H3,(H2,19,20,21,22). The molecule has 0 bridgehead atoms. The van der Waals surface area contributed by atoms with Crippen molar-refractivity contribution in [3.05, 3.63) is 41.2 Å². The lowest BCUT2D eigenvalue weighted by molar-refractivity contribution is 0.0398. The van der Waals surface area contributed by atoms with Gasteiger partial charge in [-0.25, -0.2) is 9.97 Å². The van der Waals surface area contributed by atoms with Gasteiger partial charge in [-0.3, -0.25) is 4.90 Å². The number of hydrogen-bond acceptors (Lipinski definition) is 6. The quantitative estimate of drug-likeness (QED) is 0.837. The third kappa shape index (κ3) is 4.80. The van der Waals surface area contributed by atoms with Crippen molar-refractivity contribution in [2.75, 3.05) is 50.0 Å². The summed E-state index contributed by atoms with van der Waals surface area (Å²) in [6.45, 7) is 7.42. The molecule has 0 saturated carbocycles. The van der Waals surface area contributed by atoms with Crippen LogP contribution in [0.5, 0.6) is 0 Å². The maximum atomic E-state index is 6.16. The van der Waals surface area contributed by atoms with E-state index in [2.05, 4.69) is 25.5 Å². The topological polar surface area (TPSA) is 62.3 Å². The molecular formula is C17H22ClN5O. The van der Waals surface area contributed by atoms with Gasteiger partial charge in [0.1, 0.15) is 18.0 Å². The van der Waals surface area contributed by atoms with Crippen LogP contribution in [-0.4, -0.2) is 54.3 Å². The molecule has 1 fully saturated rings. The van der Waals surface area contributed by atoms with Gasteiger partial charge in [-0.2, -0.15) is 0 Å². The van der Waals surface area contributed by atoms with E-state index >= 15 is 0 Å². The Morgan fingerprint density at radius 1 is 1.17 bits per heavy atom. The van der Waals surface area contributed by atoms with Crippen LogP contribution in [0.15, 0.2) is 30.6 Å². The lowest BCUT2D eigenvalue weighted by Crippen LogP contribution is -2.39. The Balaban J connectivity index is 1.54. The van der Waals surface area contributed by atoms with Gasteiger partial charge in [-0.15, -0.1) is 0 Å². The van der Waals surface area contributed by atoms with Crippen LogP contribution in [0.4, 0.5) is 17.3 Å². The van der Waals surface area contributed by atoms with Crippen molar-refractivity contribution in [2.24, 2.45) is 0 Å². The van der Waals surface area contributed by atoms with E-state index in [1.54, 1.807) is 6.33 Å². The number of hydrogen-bond donors (Lipinski definition) is 2. The lowest BCUT2D eigenvalue weighted by Gasteiger charge is -2.26. The predicted octanol–water partition coefficient (Wildman–Crippen LogP) is 2.93. The molecule has 1 aliphatic rings. The molecule has 128 valence electrons. The molecule has 0 unspecified atom stereocenters. The number of aromatic nitrogens is 2. The maximum Gasteiger partial charge on any atom is 0.135 e. The molecule has 0 atom stereocenters. The highest BCUT2D eigenvalue weighted by Gasteiger charge is 2.09. The molecule has 2 heterocycles. The zero-order chi connectivity index (χ0) is 16.8. The van der Waals surface area contributed by atoms with Gasteiger partial charge < -0.3 is 15.4 Å². The zero-order valence-corrected chi connectivity index (χ0v) is 14.5. The molecule has 1 aromatic heterocycles. The second-order valence-corrected chi connectivity index (χ2v) is 6.17. The van der Waals surface area contributed by atoms with Crippen molar-refractivity contribution in [1.29, 1.82) is 0 Å². The third-order valence-corrected chi connectivity index (χ3v) is 4.36. The first-order valence-electron chi connectivity index (χ1n) is 8.10. The fraction of sp³-hybridized carbons (Fsp3) is 0.412. The predicted molar refractivity (Wildman–Crippen MR) is 97.3 cm³/mol. The largest absolute Gasteiger partial charge is 0.379 e. The smallest absolute Gasteiger partial charge is 0.135 e. The normalized spacial score (nSPS) is 15.2. The average molecular weight is 348 g/mol. The minimum absolute atomic E-state index is 0.734. The first-order valence-corrected chi connectivity index (χ1v) is 8.48. The van der Waals surface area contributed by atoms with Crippen molar-refractivity contribution >= 4 is 28.9 Å². The summed E-state index contributed by atoms with van der Waals surface area (Å²) in [6, 6.07) is 7.75. The second-order valence-electron chi connectivity index (χ2n) is 5.76. The summed E-state index contributed by atoms with van der Waals surface area (Å²) in [6.07, 6.45) is 1.55. The number of ether oxygens (including phenoxy) is 1. The first kappa shape index (κ1) is 17.0. The van der Waals surface area contributed by atoms with Crippen LogP contribution in [0, 0.1) is 6.92 Å². The molecule has 1 aromatic carbocycles. The highest BCUT2D eigenvalue weighted by Crippen LogP contribution is 2.22.